The van der Waals surface area contributed by atoms with Crippen LogP contribution in [0.3, 0.4) is 0 Å². The molecule has 0 aromatic heterocycles. The number of nitro groups is 1. The predicted octanol–water partition coefficient (Wildman–Crippen LogP) is 3.59. The Balaban J connectivity index is 1.90. The highest BCUT2D eigenvalue weighted by Crippen LogP contribution is 2.21. The maximum absolute atomic E-state index is 11.7. The molecule has 0 saturated carbocycles. The normalized spacial score (nSPS) is 10.7. The van der Waals surface area contributed by atoms with Crippen LogP contribution in [0.25, 0.3) is 0 Å². The Morgan fingerprint density at radius 3 is 2.48 bits per heavy atom. The third kappa shape index (κ3) is 5.05. The number of nitrogens with one attached hydrogen (secondary N) is 1. The second-order valence-electron chi connectivity index (χ2n) is 4.57. The van der Waals surface area contributed by atoms with Crippen molar-refractivity contribution in [1.82, 2.24) is 5.43 Å². The van der Waals surface area contributed by atoms with Crippen LogP contribution < -0.4 is 5.43 Å². The third-order valence-corrected chi connectivity index (χ3v) is 3.60. The summed E-state index contributed by atoms with van der Waals surface area (Å²) in [5.74, 6) is -0.338. The first-order valence-electron chi connectivity index (χ1n) is 6.46. The lowest BCUT2D eigenvalue weighted by Crippen LogP contribution is -2.19. The van der Waals surface area contributed by atoms with Gasteiger partial charge in [-0.1, -0.05) is 41.4 Å². The summed E-state index contributed by atoms with van der Waals surface area (Å²) in [7, 11) is 0. The molecule has 118 valence electrons. The van der Waals surface area contributed by atoms with Crippen LogP contribution in [-0.2, 0) is 11.2 Å². The fourth-order valence-corrected chi connectivity index (χ4v) is 2.04. The standard InChI is InChI=1S/C15H11Cl2N3O3/c16-13-6-3-11(7-14(13)17)9-18-19-15(21)8-10-1-4-12(5-2-10)20(22)23/h1-7,9H,8H2,(H,19,21)/b18-9+. The number of halogens is 2. The van der Waals surface area contributed by atoms with Gasteiger partial charge < -0.3 is 0 Å². The molecule has 0 aliphatic rings. The molecule has 0 heterocycles. The average molecular weight is 352 g/mol. The predicted molar refractivity (Wildman–Crippen MR) is 89.0 cm³/mol. The highest BCUT2D eigenvalue weighted by atomic mass is 35.5. The number of amides is 1. The van der Waals surface area contributed by atoms with Gasteiger partial charge in [0, 0.05) is 12.1 Å². The van der Waals surface area contributed by atoms with Gasteiger partial charge in [0.25, 0.3) is 5.69 Å². The fraction of sp³-hybridized carbons (Fsp3) is 0.0667. The molecule has 1 amide bonds. The Morgan fingerprint density at radius 1 is 1.17 bits per heavy atom. The number of hydrazone groups is 1. The molecule has 0 bridgehead atoms. The maximum Gasteiger partial charge on any atom is 0.269 e. The van der Waals surface area contributed by atoms with Gasteiger partial charge in [-0.3, -0.25) is 14.9 Å². The van der Waals surface area contributed by atoms with Gasteiger partial charge in [0.2, 0.25) is 5.91 Å². The zero-order valence-electron chi connectivity index (χ0n) is 11.7. The number of carbonyl (C=O) groups is 1. The molecule has 0 radical (unpaired) electrons. The first kappa shape index (κ1) is 16.9. The first-order chi connectivity index (χ1) is 11.0. The number of hydrogen-bond acceptors (Lipinski definition) is 4. The Morgan fingerprint density at radius 2 is 1.87 bits per heavy atom. The Hall–Kier alpha value is -2.44. The molecule has 0 fully saturated rings. The van der Waals surface area contributed by atoms with E-state index in [4.69, 9.17) is 23.2 Å². The van der Waals surface area contributed by atoms with Crippen molar-refractivity contribution in [3.8, 4) is 0 Å². The maximum atomic E-state index is 11.7. The summed E-state index contributed by atoms with van der Waals surface area (Å²) in [6.07, 6.45) is 1.51. The highest BCUT2D eigenvalue weighted by molar-refractivity contribution is 6.42. The van der Waals surface area contributed by atoms with Gasteiger partial charge in [-0.15, -0.1) is 0 Å². The lowest BCUT2D eigenvalue weighted by Gasteiger charge is -2.01. The third-order valence-electron chi connectivity index (χ3n) is 2.86. The summed E-state index contributed by atoms with van der Waals surface area (Å²) in [6.45, 7) is 0. The molecule has 2 aromatic rings. The molecule has 2 rings (SSSR count). The van der Waals surface area contributed by atoms with Crippen LogP contribution in [0.15, 0.2) is 47.6 Å². The quantitative estimate of drug-likeness (QED) is 0.507. The number of nitrogens with zero attached hydrogens (tertiary/aromatic N) is 2. The molecule has 0 aliphatic heterocycles. The van der Waals surface area contributed by atoms with Crippen molar-refractivity contribution in [2.24, 2.45) is 5.10 Å². The Bertz CT molecular complexity index is 761. The summed E-state index contributed by atoms with van der Waals surface area (Å²) < 4.78 is 0. The molecular formula is C15H11Cl2N3O3. The summed E-state index contributed by atoms with van der Waals surface area (Å²) in [5.41, 5.74) is 3.69. The average Bonchev–Trinajstić information content (AvgIpc) is 2.51. The van der Waals surface area contributed by atoms with Gasteiger partial charge in [-0.05, 0) is 23.3 Å². The van der Waals surface area contributed by atoms with Crippen molar-refractivity contribution in [3.05, 3.63) is 73.8 Å². The molecule has 0 spiro atoms. The van der Waals surface area contributed by atoms with E-state index in [1.165, 1.54) is 30.5 Å². The van der Waals surface area contributed by atoms with Crippen LogP contribution in [-0.4, -0.2) is 17.0 Å². The van der Waals surface area contributed by atoms with Gasteiger partial charge in [-0.2, -0.15) is 5.10 Å². The second-order valence-corrected chi connectivity index (χ2v) is 5.38. The SMILES string of the molecule is O=C(Cc1ccc([N+](=O)[O-])cc1)N/N=C/c1ccc(Cl)c(Cl)c1. The van der Waals surface area contributed by atoms with Crippen molar-refractivity contribution in [3.63, 3.8) is 0 Å². The minimum atomic E-state index is -0.495. The number of hydrogen-bond donors (Lipinski definition) is 1. The molecule has 23 heavy (non-hydrogen) atoms. The second kappa shape index (κ2) is 7.71. The number of carbonyl (C=O) groups excluding carboxylic acids is 1. The van der Waals surface area contributed by atoms with Crippen molar-refractivity contribution in [1.29, 1.82) is 0 Å². The minimum absolute atomic E-state index is 0.0215. The topological polar surface area (TPSA) is 84.6 Å². The van der Waals surface area contributed by atoms with Crippen LogP contribution in [0.4, 0.5) is 5.69 Å². The van der Waals surface area contributed by atoms with Crippen molar-refractivity contribution in [2.75, 3.05) is 0 Å². The molecule has 2 aromatic carbocycles. The lowest BCUT2D eigenvalue weighted by atomic mass is 10.1. The number of benzene rings is 2. The molecule has 1 N–H and O–H groups in total. The highest BCUT2D eigenvalue weighted by Gasteiger charge is 2.06. The Labute approximate surface area is 141 Å². The summed E-state index contributed by atoms with van der Waals surface area (Å²) in [4.78, 5) is 21.8. The number of nitro benzene ring substituents is 1. The zero-order valence-corrected chi connectivity index (χ0v) is 13.2. The fourth-order valence-electron chi connectivity index (χ4n) is 1.73. The van der Waals surface area contributed by atoms with E-state index < -0.39 is 4.92 Å². The van der Waals surface area contributed by atoms with Gasteiger partial charge in [0.05, 0.1) is 27.6 Å². The van der Waals surface area contributed by atoms with E-state index in [9.17, 15) is 14.9 Å². The monoisotopic (exact) mass is 351 g/mol. The van der Waals surface area contributed by atoms with Crippen LogP contribution in [0.5, 0.6) is 0 Å². The molecule has 0 saturated heterocycles. The van der Waals surface area contributed by atoms with E-state index in [-0.39, 0.29) is 18.0 Å². The van der Waals surface area contributed by atoms with Gasteiger partial charge in [0.15, 0.2) is 0 Å². The van der Waals surface area contributed by atoms with E-state index in [1.807, 2.05) is 0 Å². The van der Waals surface area contributed by atoms with Crippen LogP contribution >= 0.6 is 23.2 Å². The summed E-state index contributed by atoms with van der Waals surface area (Å²) in [5, 5.41) is 15.2. The molecule has 8 heteroatoms. The van der Waals surface area contributed by atoms with E-state index in [1.54, 1.807) is 18.2 Å². The van der Waals surface area contributed by atoms with E-state index in [2.05, 4.69) is 10.5 Å². The van der Waals surface area contributed by atoms with Gasteiger partial charge >= 0.3 is 0 Å². The van der Waals surface area contributed by atoms with Crippen LogP contribution in [0.1, 0.15) is 11.1 Å². The molecule has 0 aliphatic carbocycles. The van der Waals surface area contributed by atoms with Crippen molar-refractivity contribution < 1.29 is 9.72 Å². The molecular weight excluding hydrogens is 341 g/mol. The minimum Gasteiger partial charge on any atom is -0.273 e. The number of rotatable bonds is 5. The van der Waals surface area contributed by atoms with Crippen molar-refractivity contribution in [2.45, 2.75) is 6.42 Å². The molecule has 0 unspecified atom stereocenters. The molecule has 6 nitrogen and oxygen atoms in total. The smallest absolute Gasteiger partial charge is 0.269 e. The Kier molecular flexibility index (Phi) is 5.67. The number of non-ortho nitro benzene ring substituents is 1. The summed E-state index contributed by atoms with van der Waals surface area (Å²) >= 11 is 11.7. The van der Waals surface area contributed by atoms with E-state index >= 15 is 0 Å². The van der Waals surface area contributed by atoms with Gasteiger partial charge in [0.1, 0.15) is 0 Å². The van der Waals surface area contributed by atoms with Crippen LogP contribution in [0, 0.1) is 10.1 Å². The van der Waals surface area contributed by atoms with Gasteiger partial charge in [-0.25, -0.2) is 5.43 Å². The van der Waals surface area contributed by atoms with E-state index in [0.717, 1.165) is 0 Å². The first-order valence-corrected chi connectivity index (χ1v) is 7.21. The zero-order chi connectivity index (χ0) is 16.8. The molecule has 0 atom stereocenters. The lowest BCUT2D eigenvalue weighted by molar-refractivity contribution is -0.384. The summed E-state index contributed by atoms with van der Waals surface area (Å²) in [6, 6.07) is 10.7. The van der Waals surface area contributed by atoms with Crippen LogP contribution in [0.2, 0.25) is 10.0 Å². The van der Waals surface area contributed by atoms with E-state index in [0.29, 0.717) is 21.2 Å². The van der Waals surface area contributed by atoms with Crippen molar-refractivity contribution >= 4 is 41.0 Å². The largest absolute Gasteiger partial charge is 0.273 e.